The summed E-state index contributed by atoms with van der Waals surface area (Å²) >= 11 is 0. The molecule has 1 N–H and O–H groups in total. The number of hydrogen-bond donors (Lipinski definition) is 1. The summed E-state index contributed by atoms with van der Waals surface area (Å²) in [6.07, 6.45) is 4.12. The highest BCUT2D eigenvalue weighted by molar-refractivity contribution is 7.89. The zero-order valence-corrected chi connectivity index (χ0v) is 18.1. The molecule has 0 aliphatic carbocycles. The van der Waals surface area contributed by atoms with Crippen molar-refractivity contribution in [1.82, 2.24) is 19.4 Å². The number of hydrogen-bond acceptors (Lipinski definition) is 7. The van der Waals surface area contributed by atoms with Gasteiger partial charge in [0.05, 0.1) is 16.8 Å². The number of rotatable bonds is 5. The average molecular weight is 442 g/mol. The lowest BCUT2D eigenvalue weighted by Crippen LogP contribution is -2.41. The highest BCUT2D eigenvalue weighted by Gasteiger charge is 2.33. The van der Waals surface area contributed by atoms with Crippen molar-refractivity contribution in [2.75, 3.05) is 18.4 Å². The number of benzene rings is 1. The molecule has 0 unspecified atom stereocenters. The van der Waals surface area contributed by atoms with Crippen molar-refractivity contribution in [1.29, 1.82) is 0 Å². The van der Waals surface area contributed by atoms with Crippen LogP contribution in [0.3, 0.4) is 0 Å². The summed E-state index contributed by atoms with van der Waals surface area (Å²) in [5.74, 6) is 0.392. The summed E-state index contributed by atoms with van der Waals surface area (Å²) in [5, 5.41) is 6.71. The van der Waals surface area contributed by atoms with Crippen LogP contribution in [0.15, 0.2) is 52.1 Å². The average Bonchev–Trinajstić information content (AvgIpc) is 3.21. The normalized spacial score (nSPS) is 15.7. The van der Waals surface area contributed by atoms with Crippen LogP contribution in [0.25, 0.3) is 11.4 Å². The van der Waals surface area contributed by atoms with Gasteiger partial charge in [0.15, 0.2) is 0 Å². The standard InChI is InChI=1S/C21H23N5O4S/c1-14-5-6-17(20-23-15(2)30-25-20)12-19(14)31(28,29)26-10-7-16(8-11-26)21(27)24-18-4-3-9-22-13-18/h3-6,9,12-13,16H,7-8,10-11H2,1-2H3,(H,24,27). The van der Waals surface area contributed by atoms with Gasteiger partial charge in [-0.15, -0.1) is 0 Å². The Labute approximate surface area is 180 Å². The molecule has 3 heterocycles. The van der Waals surface area contributed by atoms with Crippen molar-refractivity contribution in [3.63, 3.8) is 0 Å². The summed E-state index contributed by atoms with van der Waals surface area (Å²) in [7, 11) is -3.72. The monoisotopic (exact) mass is 441 g/mol. The van der Waals surface area contributed by atoms with E-state index < -0.39 is 10.0 Å². The number of aryl methyl sites for hydroxylation is 2. The van der Waals surface area contributed by atoms with Gasteiger partial charge in [-0.05, 0) is 43.5 Å². The molecule has 1 aliphatic rings. The van der Waals surface area contributed by atoms with Gasteiger partial charge in [-0.3, -0.25) is 9.78 Å². The maximum absolute atomic E-state index is 13.3. The van der Waals surface area contributed by atoms with E-state index in [1.165, 1.54) is 4.31 Å². The molecule has 0 bridgehead atoms. The molecule has 3 aromatic rings. The van der Waals surface area contributed by atoms with Crippen LogP contribution < -0.4 is 5.32 Å². The number of aromatic nitrogens is 3. The molecule has 1 aromatic carbocycles. The number of sulfonamides is 1. The van der Waals surface area contributed by atoms with Crippen LogP contribution in [0.1, 0.15) is 24.3 Å². The molecule has 0 spiro atoms. The summed E-state index contributed by atoms with van der Waals surface area (Å²) in [4.78, 5) is 20.9. The fourth-order valence-electron chi connectivity index (χ4n) is 3.61. The van der Waals surface area contributed by atoms with Crippen LogP contribution in [-0.4, -0.2) is 46.8 Å². The van der Waals surface area contributed by atoms with E-state index in [1.807, 2.05) is 0 Å². The first-order valence-electron chi connectivity index (χ1n) is 9.97. The first-order chi connectivity index (χ1) is 14.8. The fourth-order valence-corrected chi connectivity index (χ4v) is 5.33. The van der Waals surface area contributed by atoms with Crippen molar-refractivity contribution in [2.45, 2.75) is 31.6 Å². The van der Waals surface area contributed by atoms with E-state index in [9.17, 15) is 13.2 Å². The largest absolute Gasteiger partial charge is 0.339 e. The van der Waals surface area contributed by atoms with Gasteiger partial charge in [-0.2, -0.15) is 9.29 Å². The van der Waals surface area contributed by atoms with Crippen molar-refractivity contribution >= 4 is 21.6 Å². The van der Waals surface area contributed by atoms with Gasteiger partial charge >= 0.3 is 0 Å². The Balaban J connectivity index is 1.47. The second kappa shape index (κ2) is 8.56. The number of nitrogens with one attached hydrogen (secondary N) is 1. The lowest BCUT2D eigenvalue weighted by atomic mass is 9.97. The van der Waals surface area contributed by atoms with Crippen LogP contribution in [0.5, 0.6) is 0 Å². The molecule has 1 amide bonds. The number of nitrogens with zero attached hydrogens (tertiary/aromatic N) is 4. The van der Waals surface area contributed by atoms with Gasteiger partial charge in [-0.25, -0.2) is 8.42 Å². The maximum atomic E-state index is 13.3. The molecule has 10 heteroatoms. The van der Waals surface area contributed by atoms with E-state index in [0.717, 1.165) is 0 Å². The van der Waals surface area contributed by atoms with Gasteiger partial charge in [0, 0.05) is 37.7 Å². The van der Waals surface area contributed by atoms with E-state index in [1.54, 1.807) is 56.6 Å². The van der Waals surface area contributed by atoms with Gasteiger partial charge in [-0.1, -0.05) is 17.3 Å². The van der Waals surface area contributed by atoms with Gasteiger partial charge in [0.1, 0.15) is 0 Å². The highest BCUT2D eigenvalue weighted by atomic mass is 32.2. The lowest BCUT2D eigenvalue weighted by Gasteiger charge is -2.31. The van der Waals surface area contributed by atoms with Crippen LogP contribution in [0.4, 0.5) is 5.69 Å². The van der Waals surface area contributed by atoms with E-state index in [4.69, 9.17) is 4.52 Å². The van der Waals surface area contributed by atoms with Gasteiger partial charge in [0.25, 0.3) is 0 Å². The molecule has 9 nitrogen and oxygen atoms in total. The smallest absolute Gasteiger partial charge is 0.243 e. The first-order valence-corrected chi connectivity index (χ1v) is 11.4. The highest BCUT2D eigenvalue weighted by Crippen LogP contribution is 2.29. The zero-order valence-electron chi connectivity index (χ0n) is 17.3. The number of piperidine rings is 1. The number of amides is 1. The minimum Gasteiger partial charge on any atom is -0.339 e. The van der Waals surface area contributed by atoms with Crippen molar-refractivity contribution < 1.29 is 17.7 Å². The van der Waals surface area contributed by atoms with E-state index in [0.29, 0.717) is 41.4 Å². The molecule has 1 aliphatic heterocycles. The third kappa shape index (κ3) is 4.49. The molecule has 1 fully saturated rings. The molecule has 2 aromatic heterocycles. The van der Waals surface area contributed by atoms with E-state index in [2.05, 4.69) is 20.4 Å². The third-order valence-corrected chi connectivity index (χ3v) is 7.39. The minimum atomic E-state index is -3.72. The van der Waals surface area contributed by atoms with Crippen LogP contribution in [0, 0.1) is 19.8 Å². The quantitative estimate of drug-likeness (QED) is 0.647. The van der Waals surface area contributed by atoms with E-state index >= 15 is 0 Å². The molecule has 1 saturated heterocycles. The predicted molar refractivity (Wildman–Crippen MR) is 114 cm³/mol. The summed E-state index contributed by atoms with van der Waals surface area (Å²) in [6, 6.07) is 8.61. The Morgan fingerprint density at radius 1 is 1.19 bits per heavy atom. The van der Waals surface area contributed by atoms with Gasteiger partial charge < -0.3 is 9.84 Å². The number of pyridine rings is 1. The second-order valence-corrected chi connectivity index (χ2v) is 9.43. The van der Waals surface area contributed by atoms with Crippen molar-refractivity contribution in [2.24, 2.45) is 5.92 Å². The Kier molecular flexibility index (Phi) is 5.84. The molecule has 0 radical (unpaired) electrons. The first kappa shape index (κ1) is 21.1. The van der Waals surface area contributed by atoms with Crippen LogP contribution >= 0.6 is 0 Å². The lowest BCUT2D eigenvalue weighted by molar-refractivity contribution is -0.120. The SMILES string of the molecule is Cc1nc(-c2ccc(C)c(S(=O)(=O)N3CCC(C(=O)Nc4cccnc4)CC3)c2)no1. The Bertz CT molecular complexity index is 1190. The molecule has 0 saturated carbocycles. The number of anilines is 1. The number of carbonyl (C=O) groups excluding carboxylic acids is 1. The molecular weight excluding hydrogens is 418 g/mol. The molecular formula is C21H23N5O4S. The summed E-state index contributed by atoms with van der Waals surface area (Å²) < 4.78 is 33.1. The minimum absolute atomic E-state index is 0.115. The van der Waals surface area contributed by atoms with Crippen molar-refractivity contribution in [3.8, 4) is 11.4 Å². The fraction of sp³-hybridized carbons (Fsp3) is 0.333. The van der Waals surface area contributed by atoms with Crippen LogP contribution in [-0.2, 0) is 14.8 Å². The molecule has 4 rings (SSSR count). The second-order valence-electron chi connectivity index (χ2n) is 7.53. The molecule has 0 atom stereocenters. The zero-order chi connectivity index (χ0) is 22.0. The summed E-state index contributed by atoms with van der Waals surface area (Å²) in [6.45, 7) is 3.99. The Morgan fingerprint density at radius 2 is 1.97 bits per heavy atom. The predicted octanol–water partition coefficient (Wildman–Crippen LogP) is 2.79. The number of carbonyl (C=O) groups is 1. The third-order valence-electron chi connectivity index (χ3n) is 5.35. The van der Waals surface area contributed by atoms with Crippen molar-refractivity contribution in [3.05, 3.63) is 54.2 Å². The van der Waals surface area contributed by atoms with E-state index in [-0.39, 0.29) is 29.8 Å². The topological polar surface area (TPSA) is 118 Å². The summed E-state index contributed by atoms with van der Waals surface area (Å²) in [5.41, 5.74) is 1.85. The molecule has 31 heavy (non-hydrogen) atoms. The van der Waals surface area contributed by atoms with Gasteiger partial charge in [0.2, 0.25) is 27.6 Å². The Hall–Kier alpha value is -3.11. The Morgan fingerprint density at radius 3 is 2.61 bits per heavy atom. The maximum Gasteiger partial charge on any atom is 0.243 e. The van der Waals surface area contributed by atoms with Crippen LogP contribution in [0.2, 0.25) is 0 Å². The molecule has 162 valence electrons.